The highest BCUT2D eigenvalue weighted by Gasteiger charge is 2.45. The van der Waals surface area contributed by atoms with E-state index >= 15 is 0 Å². The van der Waals surface area contributed by atoms with Gasteiger partial charge >= 0.3 is 5.97 Å². The van der Waals surface area contributed by atoms with Gasteiger partial charge in [-0.15, -0.1) is 0 Å². The van der Waals surface area contributed by atoms with E-state index in [-0.39, 0.29) is 42.6 Å². The maximum Gasteiger partial charge on any atom is 0.305 e. The number of esters is 1. The molecule has 0 aromatic heterocycles. The topological polar surface area (TPSA) is 107 Å². The molecular formula is C33H56O9S. The summed E-state index contributed by atoms with van der Waals surface area (Å²) in [6, 6.07) is 0. The minimum Gasteiger partial charge on any atom is -0.469 e. The SMILES string of the molecule is CCCC[C@@H](C)[C@@H](/C=C/[C@@H]1[C@@H](C/C=C\CCCC(=O)OC)[C@H](OS(C)(=O)=O)C[C@H]1OC1CCCCO1)OC1CCCCO1. The van der Waals surface area contributed by atoms with Crippen molar-refractivity contribution in [3.63, 3.8) is 0 Å². The van der Waals surface area contributed by atoms with Gasteiger partial charge in [0, 0.05) is 32.0 Å². The molecule has 0 N–H and O–H groups in total. The molecule has 0 bridgehead atoms. The molecule has 3 fully saturated rings. The second kappa shape index (κ2) is 19.3. The summed E-state index contributed by atoms with van der Waals surface area (Å²) >= 11 is 0. The standard InChI is InChI=1S/C33H56O9S/c1-5-6-15-25(2)28(40-32-18-11-13-22-38-32)21-20-27-26(16-9-7-8-10-17-31(34)37-3)30(42-43(4,35)36)24-29(27)41-33-19-12-14-23-39-33/h7,9,20-21,25-30,32-33H,5-6,8,10-19,22-24H2,1-4H3/b9-7-,21-20+/t25-,26-,27-,28-,29-,30-,32?,33?/m1/s1. The summed E-state index contributed by atoms with van der Waals surface area (Å²) in [5.74, 6) is -0.118. The van der Waals surface area contributed by atoms with Crippen LogP contribution in [-0.4, -0.2) is 71.9 Å². The van der Waals surface area contributed by atoms with Crippen LogP contribution in [0, 0.1) is 17.8 Å². The Hall–Kier alpha value is -1.30. The average molecular weight is 629 g/mol. The van der Waals surface area contributed by atoms with Gasteiger partial charge in [0.05, 0.1) is 31.7 Å². The number of unbranched alkanes of at least 4 members (excludes halogenated alkanes) is 2. The van der Waals surface area contributed by atoms with Gasteiger partial charge in [0.1, 0.15) is 0 Å². The molecule has 1 saturated carbocycles. The largest absolute Gasteiger partial charge is 0.469 e. The van der Waals surface area contributed by atoms with Gasteiger partial charge in [0.2, 0.25) is 0 Å². The molecule has 2 saturated heterocycles. The van der Waals surface area contributed by atoms with E-state index in [9.17, 15) is 13.2 Å². The van der Waals surface area contributed by atoms with E-state index in [1.54, 1.807) is 0 Å². The summed E-state index contributed by atoms with van der Waals surface area (Å²) in [5, 5.41) is 0. The van der Waals surface area contributed by atoms with E-state index in [2.05, 4.69) is 38.2 Å². The fourth-order valence-corrected chi connectivity index (χ4v) is 6.95. The van der Waals surface area contributed by atoms with Crippen LogP contribution in [0.15, 0.2) is 24.3 Å². The van der Waals surface area contributed by atoms with Gasteiger partial charge in [0.25, 0.3) is 10.1 Å². The van der Waals surface area contributed by atoms with Crippen LogP contribution in [0.5, 0.6) is 0 Å². The first-order valence-electron chi connectivity index (χ1n) is 16.5. The first-order chi connectivity index (χ1) is 20.7. The van der Waals surface area contributed by atoms with E-state index in [0.29, 0.717) is 38.2 Å². The second-order valence-corrected chi connectivity index (χ2v) is 14.0. The molecule has 0 radical (unpaired) electrons. The fourth-order valence-electron chi connectivity index (χ4n) is 6.28. The summed E-state index contributed by atoms with van der Waals surface area (Å²) in [6.45, 7) is 5.83. The van der Waals surface area contributed by atoms with Gasteiger partial charge in [-0.2, -0.15) is 8.42 Å². The Bertz CT molecular complexity index is 953. The Kier molecular flexibility index (Phi) is 16.2. The molecule has 1 aliphatic carbocycles. The molecule has 3 aliphatic rings. The fraction of sp³-hybridized carbons (Fsp3) is 0.848. The van der Waals surface area contributed by atoms with Crippen molar-refractivity contribution in [2.24, 2.45) is 17.8 Å². The minimum absolute atomic E-state index is 0.0891. The second-order valence-electron chi connectivity index (χ2n) is 12.4. The van der Waals surface area contributed by atoms with Crippen LogP contribution >= 0.6 is 0 Å². The normalized spacial score (nSPS) is 30.1. The molecule has 2 heterocycles. The van der Waals surface area contributed by atoms with Gasteiger partial charge in [-0.25, -0.2) is 0 Å². The van der Waals surface area contributed by atoms with Crippen molar-refractivity contribution in [2.45, 2.75) is 135 Å². The predicted octanol–water partition coefficient (Wildman–Crippen LogP) is 6.46. The summed E-state index contributed by atoms with van der Waals surface area (Å²) in [4.78, 5) is 11.5. The average Bonchev–Trinajstić information content (AvgIpc) is 3.29. The van der Waals surface area contributed by atoms with Crippen LogP contribution in [0.1, 0.15) is 104 Å². The van der Waals surface area contributed by atoms with Gasteiger partial charge in [-0.3, -0.25) is 8.98 Å². The van der Waals surface area contributed by atoms with E-state index in [1.807, 2.05) is 0 Å². The Morgan fingerprint density at radius 2 is 1.72 bits per heavy atom. The predicted molar refractivity (Wildman–Crippen MR) is 166 cm³/mol. The lowest BCUT2D eigenvalue weighted by atomic mass is 9.88. The van der Waals surface area contributed by atoms with Crippen molar-refractivity contribution in [1.29, 1.82) is 0 Å². The van der Waals surface area contributed by atoms with Gasteiger partial charge in [-0.05, 0) is 76.0 Å². The van der Waals surface area contributed by atoms with Gasteiger partial charge in [-0.1, -0.05) is 51.0 Å². The number of allylic oxidation sites excluding steroid dienone is 2. The van der Waals surface area contributed by atoms with E-state index < -0.39 is 16.2 Å². The number of ether oxygens (including phenoxy) is 5. The van der Waals surface area contributed by atoms with Crippen molar-refractivity contribution in [1.82, 2.24) is 0 Å². The van der Waals surface area contributed by atoms with Gasteiger partial charge < -0.3 is 23.7 Å². The quantitative estimate of drug-likeness (QED) is 0.0731. The van der Waals surface area contributed by atoms with Crippen molar-refractivity contribution in [3.05, 3.63) is 24.3 Å². The smallest absolute Gasteiger partial charge is 0.305 e. The Labute approximate surface area is 260 Å². The van der Waals surface area contributed by atoms with Crippen molar-refractivity contribution < 1.29 is 41.1 Å². The molecule has 0 aromatic carbocycles. The van der Waals surface area contributed by atoms with Crippen LogP contribution in [0.25, 0.3) is 0 Å². The van der Waals surface area contributed by atoms with Crippen LogP contribution in [0.3, 0.4) is 0 Å². The first kappa shape index (κ1) is 36.2. The number of hydrogen-bond donors (Lipinski definition) is 0. The third kappa shape index (κ3) is 13.3. The maximum atomic E-state index is 12.3. The highest BCUT2D eigenvalue weighted by atomic mass is 32.2. The molecule has 0 amide bonds. The van der Waals surface area contributed by atoms with Crippen LogP contribution in [0.2, 0.25) is 0 Å². The molecule has 3 rings (SSSR count). The monoisotopic (exact) mass is 628 g/mol. The number of carbonyl (C=O) groups excluding carboxylic acids is 1. The van der Waals surface area contributed by atoms with Crippen molar-refractivity contribution >= 4 is 16.1 Å². The molecular weight excluding hydrogens is 572 g/mol. The number of carbonyl (C=O) groups is 1. The maximum absolute atomic E-state index is 12.3. The summed E-state index contributed by atoms with van der Waals surface area (Å²) in [6.07, 6.45) is 20.4. The van der Waals surface area contributed by atoms with E-state index in [4.69, 9.17) is 27.9 Å². The molecule has 2 unspecified atom stereocenters. The zero-order chi connectivity index (χ0) is 31.1. The lowest BCUT2D eigenvalue weighted by Crippen LogP contribution is -2.32. The van der Waals surface area contributed by atoms with Crippen LogP contribution in [-0.2, 0) is 42.8 Å². The van der Waals surface area contributed by atoms with Crippen molar-refractivity contribution in [3.8, 4) is 0 Å². The molecule has 0 aromatic rings. The van der Waals surface area contributed by atoms with E-state index in [1.165, 1.54) is 7.11 Å². The number of methoxy groups -OCH3 is 1. The number of rotatable bonds is 18. The Morgan fingerprint density at radius 1 is 1.00 bits per heavy atom. The Balaban J connectivity index is 1.83. The highest BCUT2D eigenvalue weighted by Crippen LogP contribution is 2.42. The molecule has 9 nitrogen and oxygen atoms in total. The molecule has 2 aliphatic heterocycles. The van der Waals surface area contributed by atoms with Gasteiger partial charge in [0.15, 0.2) is 12.6 Å². The highest BCUT2D eigenvalue weighted by molar-refractivity contribution is 7.86. The molecule has 0 spiro atoms. The molecule has 8 atom stereocenters. The third-order valence-electron chi connectivity index (χ3n) is 8.73. The lowest BCUT2D eigenvalue weighted by molar-refractivity contribution is -0.193. The molecule has 248 valence electrons. The number of hydrogen-bond acceptors (Lipinski definition) is 9. The zero-order valence-electron chi connectivity index (χ0n) is 26.8. The van der Waals surface area contributed by atoms with E-state index in [0.717, 1.165) is 77.1 Å². The minimum atomic E-state index is -3.67. The molecule has 10 heteroatoms. The van der Waals surface area contributed by atoms with Crippen LogP contribution in [0.4, 0.5) is 0 Å². The summed E-state index contributed by atoms with van der Waals surface area (Å²) in [7, 11) is -2.28. The van der Waals surface area contributed by atoms with Crippen molar-refractivity contribution in [2.75, 3.05) is 26.6 Å². The summed E-state index contributed by atoms with van der Waals surface area (Å²) in [5.41, 5.74) is 0. The molecule has 43 heavy (non-hydrogen) atoms. The Morgan fingerprint density at radius 3 is 2.35 bits per heavy atom. The lowest BCUT2D eigenvalue weighted by Gasteiger charge is -2.31. The zero-order valence-corrected chi connectivity index (χ0v) is 27.6. The first-order valence-corrected chi connectivity index (χ1v) is 18.3. The third-order valence-corrected chi connectivity index (χ3v) is 9.32. The summed E-state index contributed by atoms with van der Waals surface area (Å²) < 4.78 is 60.0. The van der Waals surface area contributed by atoms with Crippen LogP contribution < -0.4 is 0 Å².